The first-order chi connectivity index (χ1) is 8.22. The van der Waals surface area contributed by atoms with Crippen LogP contribution in [-0.4, -0.2) is 44.4 Å². The minimum absolute atomic E-state index is 0.192. The molecule has 0 aromatic heterocycles. The van der Waals surface area contributed by atoms with Crippen LogP contribution >= 0.6 is 0 Å². The second-order valence-corrected chi connectivity index (χ2v) is 4.79. The van der Waals surface area contributed by atoms with Gasteiger partial charge in [-0.3, -0.25) is 4.79 Å². The van der Waals surface area contributed by atoms with Crippen LogP contribution in [0.2, 0.25) is 0 Å². The molecule has 0 saturated carbocycles. The Morgan fingerprint density at radius 1 is 1.47 bits per heavy atom. The topological polar surface area (TPSA) is 32.3 Å². The predicted octanol–water partition coefficient (Wildman–Crippen LogP) is 1.51. The number of likely N-dealkylation sites (N-methyl/N-ethyl adjacent to an activating group) is 2. The van der Waals surface area contributed by atoms with Crippen molar-refractivity contribution in [2.75, 3.05) is 33.7 Å². The first-order valence-electron chi connectivity index (χ1n) is 6.17. The molecule has 2 rings (SSSR count). The SMILES string of the molecule is CNCC(=O)c1ccccc1C1CCN(C)C1. The Morgan fingerprint density at radius 2 is 2.24 bits per heavy atom. The van der Waals surface area contributed by atoms with Gasteiger partial charge in [0.05, 0.1) is 6.54 Å². The van der Waals surface area contributed by atoms with E-state index in [2.05, 4.69) is 23.3 Å². The van der Waals surface area contributed by atoms with Gasteiger partial charge in [0.2, 0.25) is 0 Å². The fraction of sp³-hybridized carbons (Fsp3) is 0.500. The van der Waals surface area contributed by atoms with Crippen molar-refractivity contribution in [3.05, 3.63) is 35.4 Å². The Bertz CT molecular complexity index is 403. The Morgan fingerprint density at radius 3 is 2.88 bits per heavy atom. The van der Waals surface area contributed by atoms with Crippen molar-refractivity contribution >= 4 is 5.78 Å². The van der Waals surface area contributed by atoms with Gasteiger partial charge in [0.25, 0.3) is 0 Å². The van der Waals surface area contributed by atoms with Crippen molar-refractivity contribution < 1.29 is 4.79 Å². The molecule has 1 fully saturated rings. The summed E-state index contributed by atoms with van der Waals surface area (Å²) < 4.78 is 0. The molecule has 1 aliphatic rings. The van der Waals surface area contributed by atoms with Gasteiger partial charge in [-0.2, -0.15) is 0 Å². The molecule has 1 unspecified atom stereocenters. The van der Waals surface area contributed by atoms with E-state index in [4.69, 9.17) is 0 Å². The highest BCUT2D eigenvalue weighted by atomic mass is 16.1. The zero-order chi connectivity index (χ0) is 12.3. The lowest BCUT2D eigenvalue weighted by Gasteiger charge is -2.15. The molecule has 0 spiro atoms. The Hall–Kier alpha value is -1.19. The zero-order valence-electron chi connectivity index (χ0n) is 10.6. The standard InChI is InChI=1S/C14H20N2O/c1-15-9-14(17)13-6-4-3-5-12(13)11-7-8-16(2)10-11/h3-6,11,15H,7-10H2,1-2H3. The average Bonchev–Trinajstić information content (AvgIpc) is 2.76. The van der Waals surface area contributed by atoms with Gasteiger partial charge >= 0.3 is 0 Å². The Balaban J connectivity index is 2.24. The van der Waals surface area contributed by atoms with E-state index in [1.165, 1.54) is 5.56 Å². The van der Waals surface area contributed by atoms with Crippen molar-refractivity contribution in [3.8, 4) is 0 Å². The molecule has 3 nitrogen and oxygen atoms in total. The first-order valence-corrected chi connectivity index (χ1v) is 6.17. The summed E-state index contributed by atoms with van der Waals surface area (Å²) >= 11 is 0. The van der Waals surface area contributed by atoms with Crippen molar-refractivity contribution in [2.24, 2.45) is 0 Å². The lowest BCUT2D eigenvalue weighted by atomic mass is 9.91. The van der Waals surface area contributed by atoms with Crippen LogP contribution < -0.4 is 5.32 Å². The van der Waals surface area contributed by atoms with E-state index in [-0.39, 0.29) is 5.78 Å². The maximum absolute atomic E-state index is 12.0. The van der Waals surface area contributed by atoms with Crippen LogP contribution in [0.15, 0.2) is 24.3 Å². The van der Waals surface area contributed by atoms with Gasteiger partial charge in [0.1, 0.15) is 0 Å². The third-order valence-corrected chi connectivity index (χ3v) is 3.43. The molecule has 1 aromatic rings. The molecule has 1 saturated heterocycles. The zero-order valence-corrected chi connectivity index (χ0v) is 10.6. The van der Waals surface area contributed by atoms with Crippen LogP contribution in [0.1, 0.15) is 28.3 Å². The number of hydrogen-bond donors (Lipinski definition) is 1. The summed E-state index contributed by atoms with van der Waals surface area (Å²) in [5.41, 5.74) is 2.11. The number of hydrogen-bond acceptors (Lipinski definition) is 3. The van der Waals surface area contributed by atoms with Crippen molar-refractivity contribution in [1.29, 1.82) is 0 Å². The van der Waals surface area contributed by atoms with Gasteiger partial charge < -0.3 is 10.2 Å². The molecule has 17 heavy (non-hydrogen) atoms. The molecule has 1 N–H and O–H groups in total. The number of benzene rings is 1. The molecule has 1 atom stereocenters. The van der Waals surface area contributed by atoms with Crippen molar-refractivity contribution in [3.63, 3.8) is 0 Å². The van der Waals surface area contributed by atoms with Crippen molar-refractivity contribution in [1.82, 2.24) is 10.2 Å². The Labute approximate surface area is 103 Å². The summed E-state index contributed by atoms with van der Waals surface area (Å²) in [6.45, 7) is 2.60. The first kappa shape index (κ1) is 12.3. The number of likely N-dealkylation sites (tertiary alicyclic amines) is 1. The highest BCUT2D eigenvalue weighted by molar-refractivity contribution is 5.99. The average molecular weight is 232 g/mol. The van der Waals surface area contributed by atoms with E-state index < -0.39 is 0 Å². The molecule has 1 aromatic carbocycles. The molecule has 0 radical (unpaired) electrons. The molecule has 0 aliphatic carbocycles. The summed E-state index contributed by atoms with van der Waals surface area (Å²) in [6.07, 6.45) is 1.15. The predicted molar refractivity (Wildman–Crippen MR) is 69.6 cm³/mol. The molecule has 1 aliphatic heterocycles. The van der Waals surface area contributed by atoms with E-state index in [1.54, 1.807) is 0 Å². The number of nitrogens with one attached hydrogen (secondary N) is 1. The maximum Gasteiger partial charge on any atom is 0.176 e. The smallest absolute Gasteiger partial charge is 0.176 e. The monoisotopic (exact) mass is 232 g/mol. The van der Waals surface area contributed by atoms with Crippen LogP contribution in [0.5, 0.6) is 0 Å². The third kappa shape index (κ3) is 2.73. The lowest BCUT2D eigenvalue weighted by molar-refractivity contribution is 0.0992. The van der Waals surface area contributed by atoms with Gasteiger partial charge in [-0.1, -0.05) is 24.3 Å². The summed E-state index contributed by atoms with van der Waals surface area (Å²) in [6, 6.07) is 8.04. The molecule has 92 valence electrons. The van der Waals surface area contributed by atoms with E-state index in [9.17, 15) is 4.79 Å². The summed E-state index contributed by atoms with van der Waals surface area (Å²) in [7, 11) is 3.95. The molecule has 0 amide bonds. The largest absolute Gasteiger partial charge is 0.313 e. The van der Waals surface area contributed by atoms with Gasteiger partial charge in [-0.15, -0.1) is 0 Å². The normalized spacial score (nSPS) is 20.7. The number of nitrogens with zero attached hydrogens (tertiary/aromatic N) is 1. The summed E-state index contributed by atoms with van der Waals surface area (Å²) in [5, 5.41) is 2.93. The summed E-state index contributed by atoms with van der Waals surface area (Å²) in [4.78, 5) is 14.4. The number of ketones is 1. The number of Topliss-reactive ketones (excluding diaryl/α,β-unsaturated/α-hetero) is 1. The van der Waals surface area contributed by atoms with Crippen LogP contribution in [0.4, 0.5) is 0 Å². The van der Waals surface area contributed by atoms with E-state index in [0.717, 1.165) is 25.1 Å². The second-order valence-electron chi connectivity index (χ2n) is 4.79. The van der Waals surface area contributed by atoms with E-state index in [0.29, 0.717) is 12.5 Å². The fourth-order valence-electron chi connectivity index (χ4n) is 2.55. The Kier molecular flexibility index (Phi) is 3.92. The lowest BCUT2D eigenvalue weighted by Crippen LogP contribution is -2.21. The van der Waals surface area contributed by atoms with Gasteiger partial charge in [-0.05, 0) is 38.5 Å². The summed E-state index contributed by atoms with van der Waals surface area (Å²) in [5.74, 6) is 0.703. The quantitative estimate of drug-likeness (QED) is 0.799. The molecule has 1 heterocycles. The van der Waals surface area contributed by atoms with Gasteiger partial charge in [0.15, 0.2) is 5.78 Å². The van der Waals surface area contributed by atoms with Crippen LogP contribution in [0.3, 0.4) is 0 Å². The number of rotatable bonds is 4. The minimum atomic E-state index is 0.192. The minimum Gasteiger partial charge on any atom is -0.313 e. The highest BCUT2D eigenvalue weighted by Gasteiger charge is 2.24. The van der Waals surface area contributed by atoms with Gasteiger partial charge in [0, 0.05) is 12.1 Å². The van der Waals surface area contributed by atoms with Crippen LogP contribution in [0.25, 0.3) is 0 Å². The van der Waals surface area contributed by atoms with Crippen LogP contribution in [-0.2, 0) is 0 Å². The fourth-order valence-corrected chi connectivity index (χ4v) is 2.55. The van der Waals surface area contributed by atoms with Gasteiger partial charge in [-0.25, -0.2) is 0 Å². The maximum atomic E-state index is 12.0. The third-order valence-electron chi connectivity index (χ3n) is 3.43. The van der Waals surface area contributed by atoms with E-state index in [1.807, 2.05) is 25.2 Å². The van der Waals surface area contributed by atoms with Crippen LogP contribution in [0, 0.1) is 0 Å². The highest BCUT2D eigenvalue weighted by Crippen LogP contribution is 2.28. The molecule has 3 heteroatoms. The van der Waals surface area contributed by atoms with E-state index >= 15 is 0 Å². The number of carbonyl (C=O) groups excluding carboxylic acids is 1. The van der Waals surface area contributed by atoms with Crippen molar-refractivity contribution in [2.45, 2.75) is 12.3 Å². The molecular formula is C14H20N2O. The number of carbonyl (C=O) groups is 1. The molecular weight excluding hydrogens is 212 g/mol. The molecule has 0 bridgehead atoms. The second kappa shape index (κ2) is 5.43.